The van der Waals surface area contributed by atoms with Gasteiger partial charge in [-0.1, -0.05) is 32.9 Å². The van der Waals surface area contributed by atoms with E-state index in [9.17, 15) is 4.79 Å². The number of fused-ring (bicyclic) bond motifs is 1. The molecular weight excluding hydrogens is 290 g/mol. The molecule has 22 heavy (non-hydrogen) atoms. The molecule has 0 atom stereocenters. The van der Waals surface area contributed by atoms with Crippen LogP contribution in [0.15, 0.2) is 53.6 Å². The Kier molecular flexibility index (Phi) is 5.96. The largest absolute Gasteiger partial charge is 0.361 e. The van der Waals surface area contributed by atoms with Crippen LogP contribution in [-0.4, -0.2) is 5.78 Å². The van der Waals surface area contributed by atoms with Gasteiger partial charge in [0.2, 0.25) is 0 Å². The number of benzene rings is 1. The Labute approximate surface area is 136 Å². The van der Waals surface area contributed by atoms with Crippen LogP contribution in [0.5, 0.6) is 0 Å². The molecule has 0 bridgehead atoms. The fraction of sp³-hybridized carbons (Fsp3) is 0.316. The van der Waals surface area contributed by atoms with Crippen molar-refractivity contribution in [3.63, 3.8) is 0 Å². The van der Waals surface area contributed by atoms with Gasteiger partial charge in [-0.25, -0.2) is 0 Å². The van der Waals surface area contributed by atoms with Gasteiger partial charge in [-0.3, -0.25) is 4.79 Å². The lowest BCUT2D eigenvalue weighted by molar-refractivity contribution is -0.115. The van der Waals surface area contributed by atoms with Crippen molar-refractivity contribution < 1.29 is 4.79 Å². The Hall–Kier alpha value is -1.87. The highest BCUT2D eigenvalue weighted by Crippen LogP contribution is 2.25. The molecule has 0 aliphatic carbocycles. The van der Waals surface area contributed by atoms with Gasteiger partial charge in [-0.2, -0.15) is 0 Å². The van der Waals surface area contributed by atoms with Crippen LogP contribution in [0.1, 0.15) is 39.5 Å². The molecule has 0 fully saturated rings. The molecule has 1 aromatic carbocycles. The molecule has 1 heterocycles. The van der Waals surface area contributed by atoms with Gasteiger partial charge in [0.15, 0.2) is 5.78 Å². The van der Waals surface area contributed by atoms with Gasteiger partial charge in [0.1, 0.15) is 0 Å². The number of Topliss-reactive ketones (excluding diaryl/α,β-unsaturated/α-hetero) is 1. The van der Waals surface area contributed by atoms with Gasteiger partial charge in [-0.15, -0.1) is 11.3 Å². The summed E-state index contributed by atoms with van der Waals surface area (Å²) in [5.41, 5.74) is 2.65. The molecule has 2 aromatic rings. The van der Waals surface area contributed by atoms with Gasteiger partial charge < -0.3 is 5.32 Å². The number of carbonyl (C=O) groups excluding carboxylic acids is 1. The lowest BCUT2D eigenvalue weighted by Crippen LogP contribution is -2.07. The normalized spacial score (nSPS) is 11.6. The van der Waals surface area contributed by atoms with E-state index in [1.807, 2.05) is 19.2 Å². The van der Waals surface area contributed by atoms with Crippen molar-refractivity contribution in [2.75, 3.05) is 5.32 Å². The summed E-state index contributed by atoms with van der Waals surface area (Å²) in [5, 5.41) is 6.60. The van der Waals surface area contributed by atoms with Crippen LogP contribution in [0.25, 0.3) is 10.1 Å². The molecule has 1 aromatic heterocycles. The van der Waals surface area contributed by atoms with Crippen molar-refractivity contribution in [1.29, 1.82) is 0 Å². The molecule has 116 valence electrons. The standard InChI is InChI=1S/C19H23NOS/c1-4-6-14(3)17(18(21)7-5-2)13-20-16-9-8-15-10-11-22-19(15)12-16/h8-13,20H,3-7H2,1-2H3/b17-13+. The lowest BCUT2D eigenvalue weighted by atomic mass is 9.98. The average molecular weight is 313 g/mol. The summed E-state index contributed by atoms with van der Waals surface area (Å²) in [6.07, 6.45) is 5.10. The first-order chi connectivity index (χ1) is 10.7. The minimum absolute atomic E-state index is 0.172. The number of nitrogens with one attached hydrogen (secondary N) is 1. The second kappa shape index (κ2) is 7.95. The minimum Gasteiger partial charge on any atom is -0.361 e. The fourth-order valence-electron chi connectivity index (χ4n) is 2.38. The Morgan fingerprint density at radius 3 is 2.73 bits per heavy atom. The zero-order valence-electron chi connectivity index (χ0n) is 13.3. The quantitative estimate of drug-likeness (QED) is 0.484. The summed E-state index contributed by atoms with van der Waals surface area (Å²) in [6.45, 7) is 8.20. The second-order valence-electron chi connectivity index (χ2n) is 5.40. The molecule has 2 nitrogen and oxygen atoms in total. The third-order valence-corrected chi connectivity index (χ3v) is 4.43. The molecule has 0 saturated heterocycles. The average Bonchev–Trinajstić information content (AvgIpc) is 2.95. The predicted molar refractivity (Wildman–Crippen MR) is 97.5 cm³/mol. The van der Waals surface area contributed by atoms with Gasteiger partial charge >= 0.3 is 0 Å². The molecule has 0 aliphatic heterocycles. The van der Waals surface area contributed by atoms with E-state index < -0.39 is 0 Å². The van der Waals surface area contributed by atoms with Crippen molar-refractivity contribution in [3.05, 3.63) is 53.6 Å². The van der Waals surface area contributed by atoms with Crippen LogP contribution in [0.2, 0.25) is 0 Å². The zero-order chi connectivity index (χ0) is 15.9. The van der Waals surface area contributed by atoms with Gasteiger partial charge in [0, 0.05) is 28.6 Å². The van der Waals surface area contributed by atoms with E-state index in [2.05, 4.69) is 42.4 Å². The SMILES string of the molecule is C=C(CCC)/C(=C\Nc1ccc2ccsc2c1)C(=O)CCC. The minimum atomic E-state index is 0.172. The molecule has 0 saturated carbocycles. The molecule has 2 rings (SSSR count). The Bertz CT molecular complexity index is 676. The highest BCUT2D eigenvalue weighted by molar-refractivity contribution is 7.17. The fourth-order valence-corrected chi connectivity index (χ4v) is 3.21. The van der Waals surface area contributed by atoms with E-state index in [0.717, 1.165) is 36.1 Å². The lowest BCUT2D eigenvalue weighted by Gasteiger charge is -2.10. The third-order valence-electron chi connectivity index (χ3n) is 3.55. The molecule has 1 N–H and O–H groups in total. The number of allylic oxidation sites excluding steroid dienone is 2. The molecule has 0 amide bonds. The summed E-state index contributed by atoms with van der Waals surface area (Å²) in [7, 11) is 0. The van der Waals surface area contributed by atoms with Crippen LogP contribution in [0.3, 0.4) is 0 Å². The summed E-state index contributed by atoms with van der Waals surface area (Å²) in [5.74, 6) is 0.172. The predicted octanol–water partition coefficient (Wildman–Crippen LogP) is 5.92. The summed E-state index contributed by atoms with van der Waals surface area (Å²) in [6, 6.07) is 8.35. The van der Waals surface area contributed by atoms with E-state index in [0.29, 0.717) is 6.42 Å². The van der Waals surface area contributed by atoms with Crippen molar-refractivity contribution >= 4 is 32.9 Å². The van der Waals surface area contributed by atoms with E-state index in [1.54, 1.807) is 11.3 Å². The van der Waals surface area contributed by atoms with Crippen molar-refractivity contribution in [2.45, 2.75) is 39.5 Å². The number of hydrogen-bond donors (Lipinski definition) is 1. The van der Waals surface area contributed by atoms with E-state index >= 15 is 0 Å². The van der Waals surface area contributed by atoms with Gasteiger partial charge in [0.25, 0.3) is 0 Å². The number of rotatable bonds is 8. The summed E-state index contributed by atoms with van der Waals surface area (Å²) < 4.78 is 1.24. The monoisotopic (exact) mass is 313 g/mol. The molecule has 0 spiro atoms. The highest BCUT2D eigenvalue weighted by atomic mass is 32.1. The van der Waals surface area contributed by atoms with Crippen LogP contribution in [0.4, 0.5) is 5.69 Å². The third kappa shape index (κ3) is 4.08. The first-order valence-electron chi connectivity index (χ1n) is 7.81. The number of ketones is 1. The van der Waals surface area contributed by atoms with Crippen LogP contribution in [-0.2, 0) is 4.79 Å². The Morgan fingerprint density at radius 1 is 1.23 bits per heavy atom. The van der Waals surface area contributed by atoms with Gasteiger partial charge in [-0.05, 0) is 47.4 Å². The maximum Gasteiger partial charge on any atom is 0.164 e. The van der Waals surface area contributed by atoms with E-state index in [4.69, 9.17) is 0 Å². The van der Waals surface area contributed by atoms with Crippen molar-refractivity contribution in [2.24, 2.45) is 0 Å². The second-order valence-corrected chi connectivity index (χ2v) is 6.35. The topological polar surface area (TPSA) is 29.1 Å². The number of carbonyl (C=O) groups is 1. The van der Waals surface area contributed by atoms with Crippen molar-refractivity contribution in [1.82, 2.24) is 0 Å². The number of thiophene rings is 1. The van der Waals surface area contributed by atoms with Crippen molar-refractivity contribution in [3.8, 4) is 0 Å². The van der Waals surface area contributed by atoms with E-state index in [1.165, 1.54) is 10.1 Å². The number of anilines is 1. The van der Waals surface area contributed by atoms with Gasteiger partial charge in [0.05, 0.1) is 0 Å². The van der Waals surface area contributed by atoms with E-state index in [-0.39, 0.29) is 5.78 Å². The molecule has 0 unspecified atom stereocenters. The summed E-state index contributed by atoms with van der Waals surface area (Å²) >= 11 is 1.72. The molecule has 0 radical (unpaired) electrons. The Balaban J connectivity index is 2.20. The molecular formula is C19H23NOS. The summed E-state index contributed by atoms with van der Waals surface area (Å²) in [4.78, 5) is 12.3. The van der Waals surface area contributed by atoms with Crippen LogP contribution < -0.4 is 5.32 Å². The maximum absolute atomic E-state index is 12.3. The first kappa shape index (κ1) is 16.5. The van der Waals surface area contributed by atoms with Crippen LogP contribution in [0, 0.1) is 0 Å². The molecule has 0 aliphatic rings. The maximum atomic E-state index is 12.3. The number of hydrogen-bond acceptors (Lipinski definition) is 3. The van der Waals surface area contributed by atoms with Crippen LogP contribution >= 0.6 is 11.3 Å². The molecule has 3 heteroatoms. The zero-order valence-corrected chi connectivity index (χ0v) is 14.1. The highest BCUT2D eigenvalue weighted by Gasteiger charge is 2.11. The Morgan fingerprint density at radius 2 is 2.00 bits per heavy atom. The first-order valence-corrected chi connectivity index (χ1v) is 8.69. The smallest absolute Gasteiger partial charge is 0.164 e.